The van der Waals surface area contributed by atoms with Crippen LogP contribution in [0.5, 0.6) is 0 Å². The van der Waals surface area contributed by atoms with Gasteiger partial charge in [0.05, 0.1) is 6.42 Å². The number of nitrogens with one attached hydrogen (secondary N) is 1. The molecular weight excluding hydrogens is 352 g/mol. The smallest absolute Gasteiger partial charge is 0.317 e. The lowest BCUT2D eigenvalue weighted by Gasteiger charge is -2.34. The van der Waals surface area contributed by atoms with Crippen LogP contribution in [0.15, 0.2) is 48.8 Å². The summed E-state index contributed by atoms with van der Waals surface area (Å²) in [5.41, 5.74) is 1.78. The first-order valence-electron chi connectivity index (χ1n) is 8.56. The van der Waals surface area contributed by atoms with E-state index in [-0.39, 0.29) is 18.4 Å². The minimum atomic E-state index is -0.118. The van der Waals surface area contributed by atoms with Gasteiger partial charge in [-0.25, -0.2) is 4.79 Å². The highest BCUT2D eigenvalue weighted by molar-refractivity contribution is 6.31. The first kappa shape index (κ1) is 18.2. The number of hydrogen-bond acceptors (Lipinski definition) is 3. The van der Waals surface area contributed by atoms with Crippen molar-refractivity contribution in [1.29, 1.82) is 0 Å². The molecule has 0 aliphatic carbocycles. The Bertz CT molecular complexity index is 761. The van der Waals surface area contributed by atoms with Gasteiger partial charge in [-0.1, -0.05) is 35.9 Å². The van der Waals surface area contributed by atoms with Crippen LogP contribution in [0.4, 0.5) is 4.79 Å². The average Bonchev–Trinajstić information content (AvgIpc) is 2.69. The second kappa shape index (κ2) is 8.67. The molecule has 136 valence electrons. The fourth-order valence-corrected chi connectivity index (χ4v) is 3.07. The van der Waals surface area contributed by atoms with Gasteiger partial charge in [-0.3, -0.25) is 9.78 Å². The van der Waals surface area contributed by atoms with Crippen LogP contribution < -0.4 is 5.32 Å². The number of nitrogens with zero attached hydrogens (tertiary/aromatic N) is 3. The second-order valence-corrected chi connectivity index (χ2v) is 6.56. The SMILES string of the molecule is O=C(Cc1ccccc1Cl)N1CCN(C(=O)NCc2cccnc2)CC1. The van der Waals surface area contributed by atoms with Crippen LogP contribution in [0.1, 0.15) is 11.1 Å². The van der Waals surface area contributed by atoms with E-state index in [4.69, 9.17) is 11.6 Å². The van der Waals surface area contributed by atoms with Crippen molar-refractivity contribution in [2.45, 2.75) is 13.0 Å². The number of hydrogen-bond donors (Lipinski definition) is 1. The fraction of sp³-hybridized carbons (Fsp3) is 0.316. The van der Waals surface area contributed by atoms with Crippen molar-refractivity contribution in [3.05, 3.63) is 64.9 Å². The molecule has 1 aromatic carbocycles. The van der Waals surface area contributed by atoms with Crippen LogP contribution >= 0.6 is 11.6 Å². The molecule has 0 atom stereocenters. The van der Waals surface area contributed by atoms with Crippen LogP contribution in [0.2, 0.25) is 5.02 Å². The summed E-state index contributed by atoms with van der Waals surface area (Å²) in [6.45, 7) is 2.55. The average molecular weight is 373 g/mol. The van der Waals surface area contributed by atoms with Crippen LogP contribution in [0, 0.1) is 0 Å². The summed E-state index contributed by atoms with van der Waals surface area (Å²) >= 11 is 6.12. The zero-order valence-corrected chi connectivity index (χ0v) is 15.2. The maximum atomic E-state index is 12.4. The highest BCUT2D eigenvalue weighted by Crippen LogP contribution is 2.16. The third kappa shape index (κ3) is 4.73. The number of halogens is 1. The molecule has 1 aliphatic heterocycles. The molecule has 1 aliphatic rings. The largest absolute Gasteiger partial charge is 0.339 e. The van der Waals surface area contributed by atoms with E-state index in [9.17, 15) is 9.59 Å². The van der Waals surface area contributed by atoms with Gasteiger partial charge in [0.2, 0.25) is 5.91 Å². The van der Waals surface area contributed by atoms with Crippen LogP contribution in [0.25, 0.3) is 0 Å². The standard InChI is InChI=1S/C19H21ClN4O2/c20-17-6-2-1-5-16(17)12-18(25)23-8-10-24(11-9-23)19(26)22-14-15-4-3-7-21-13-15/h1-7,13H,8-12,14H2,(H,22,26). The molecule has 2 heterocycles. The predicted octanol–water partition coefficient (Wildman–Crippen LogP) is 2.33. The first-order chi connectivity index (χ1) is 12.6. The Morgan fingerprint density at radius 3 is 2.46 bits per heavy atom. The molecule has 0 bridgehead atoms. The number of carbonyl (C=O) groups is 2. The Kier molecular flexibility index (Phi) is 6.07. The molecule has 7 heteroatoms. The molecule has 1 aromatic heterocycles. The minimum absolute atomic E-state index is 0.0357. The Morgan fingerprint density at radius 2 is 1.77 bits per heavy atom. The van der Waals surface area contributed by atoms with Gasteiger partial charge in [0.25, 0.3) is 0 Å². The van der Waals surface area contributed by atoms with Gasteiger partial charge >= 0.3 is 6.03 Å². The molecule has 1 N–H and O–H groups in total. The van der Waals surface area contributed by atoms with Gasteiger partial charge < -0.3 is 15.1 Å². The molecule has 1 fully saturated rings. The van der Waals surface area contributed by atoms with Gasteiger partial charge in [-0.05, 0) is 23.3 Å². The molecule has 0 spiro atoms. The van der Waals surface area contributed by atoms with Crippen molar-refractivity contribution >= 4 is 23.5 Å². The lowest BCUT2D eigenvalue weighted by Crippen LogP contribution is -2.53. The summed E-state index contributed by atoms with van der Waals surface area (Å²) in [4.78, 5) is 32.2. The Morgan fingerprint density at radius 1 is 1.04 bits per heavy atom. The summed E-state index contributed by atoms with van der Waals surface area (Å²) in [6, 6.07) is 11.0. The van der Waals surface area contributed by atoms with Gasteiger partial charge in [-0.2, -0.15) is 0 Å². The summed E-state index contributed by atoms with van der Waals surface area (Å²) in [5, 5.41) is 3.49. The number of amides is 3. The predicted molar refractivity (Wildman–Crippen MR) is 99.8 cm³/mol. The van der Waals surface area contributed by atoms with Crippen LogP contribution in [-0.4, -0.2) is 52.9 Å². The fourth-order valence-electron chi connectivity index (χ4n) is 2.87. The number of aromatic nitrogens is 1. The van der Waals surface area contributed by atoms with Crippen molar-refractivity contribution in [2.75, 3.05) is 26.2 Å². The van der Waals surface area contributed by atoms with Gasteiger partial charge in [0.1, 0.15) is 0 Å². The second-order valence-electron chi connectivity index (χ2n) is 6.16. The van der Waals surface area contributed by atoms with Crippen molar-refractivity contribution in [3.8, 4) is 0 Å². The first-order valence-corrected chi connectivity index (χ1v) is 8.94. The quantitative estimate of drug-likeness (QED) is 0.895. The van der Waals surface area contributed by atoms with Crippen molar-refractivity contribution in [2.24, 2.45) is 0 Å². The summed E-state index contributed by atoms with van der Waals surface area (Å²) < 4.78 is 0. The topological polar surface area (TPSA) is 65.5 Å². The maximum Gasteiger partial charge on any atom is 0.317 e. The van der Waals surface area contributed by atoms with E-state index in [1.807, 2.05) is 30.3 Å². The van der Waals surface area contributed by atoms with E-state index in [1.54, 1.807) is 28.3 Å². The summed E-state index contributed by atoms with van der Waals surface area (Å²) in [7, 11) is 0. The Labute approximate surface area is 157 Å². The van der Waals surface area contributed by atoms with E-state index in [0.717, 1.165) is 11.1 Å². The van der Waals surface area contributed by atoms with E-state index in [2.05, 4.69) is 10.3 Å². The molecule has 1 saturated heterocycles. The third-order valence-corrected chi connectivity index (χ3v) is 4.75. The van der Waals surface area contributed by atoms with E-state index < -0.39 is 0 Å². The van der Waals surface area contributed by atoms with Crippen molar-refractivity contribution < 1.29 is 9.59 Å². The Hall–Kier alpha value is -2.60. The molecule has 3 rings (SSSR count). The minimum Gasteiger partial charge on any atom is -0.339 e. The zero-order valence-electron chi connectivity index (χ0n) is 14.4. The van der Waals surface area contributed by atoms with E-state index >= 15 is 0 Å². The van der Waals surface area contributed by atoms with Gasteiger partial charge in [-0.15, -0.1) is 0 Å². The number of carbonyl (C=O) groups excluding carboxylic acids is 2. The van der Waals surface area contributed by atoms with Crippen molar-refractivity contribution in [3.63, 3.8) is 0 Å². The molecule has 3 amide bonds. The highest BCUT2D eigenvalue weighted by Gasteiger charge is 2.24. The maximum absolute atomic E-state index is 12.4. The van der Waals surface area contributed by atoms with Crippen LogP contribution in [0.3, 0.4) is 0 Å². The summed E-state index contributed by atoms with van der Waals surface area (Å²) in [5.74, 6) is 0.0357. The highest BCUT2D eigenvalue weighted by atomic mass is 35.5. The van der Waals surface area contributed by atoms with E-state index in [0.29, 0.717) is 37.7 Å². The number of piperazine rings is 1. The zero-order chi connectivity index (χ0) is 18.4. The number of benzene rings is 1. The molecular formula is C19H21ClN4O2. The normalized spacial score (nSPS) is 14.2. The third-order valence-electron chi connectivity index (χ3n) is 4.39. The number of pyridine rings is 1. The van der Waals surface area contributed by atoms with Gasteiger partial charge in [0.15, 0.2) is 0 Å². The molecule has 0 unspecified atom stereocenters. The Balaban J connectivity index is 1.45. The monoisotopic (exact) mass is 372 g/mol. The van der Waals surface area contributed by atoms with Crippen molar-refractivity contribution in [1.82, 2.24) is 20.1 Å². The van der Waals surface area contributed by atoms with E-state index in [1.165, 1.54) is 0 Å². The summed E-state index contributed by atoms with van der Waals surface area (Å²) in [6.07, 6.45) is 3.71. The lowest BCUT2D eigenvalue weighted by atomic mass is 10.1. The molecule has 0 radical (unpaired) electrons. The lowest BCUT2D eigenvalue weighted by molar-refractivity contribution is -0.131. The number of rotatable bonds is 4. The molecule has 26 heavy (non-hydrogen) atoms. The van der Waals surface area contributed by atoms with Gasteiger partial charge in [0, 0.05) is 50.1 Å². The molecule has 6 nitrogen and oxygen atoms in total. The van der Waals surface area contributed by atoms with Crippen LogP contribution in [-0.2, 0) is 17.8 Å². The molecule has 2 aromatic rings. The number of urea groups is 1. The molecule has 0 saturated carbocycles.